The zero-order valence-corrected chi connectivity index (χ0v) is 10.7. The molecule has 0 saturated carbocycles. The highest BCUT2D eigenvalue weighted by Gasteiger charge is 2.18. The van der Waals surface area contributed by atoms with Gasteiger partial charge in [-0.2, -0.15) is 11.3 Å². The molecule has 0 aliphatic heterocycles. The fraction of sp³-hybridized carbons (Fsp3) is 0.583. The van der Waals surface area contributed by atoms with Gasteiger partial charge in [0.15, 0.2) is 0 Å². The quantitative estimate of drug-likeness (QED) is 0.796. The fourth-order valence-electron chi connectivity index (χ4n) is 1.40. The largest absolute Gasteiger partial charge is 0.354 e. The van der Waals surface area contributed by atoms with E-state index in [0.29, 0.717) is 6.54 Å². The third-order valence-electron chi connectivity index (χ3n) is 2.85. The van der Waals surface area contributed by atoms with Crippen LogP contribution in [0.5, 0.6) is 0 Å². The van der Waals surface area contributed by atoms with Gasteiger partial charge in [-0.25, -0.2) is 0 Å². The predicted molar refractivity (Wildman–Crippen MR) is 68.5 cm³/mol. The van der Waals surface area contributed by atoms with Crippen LogP contribution >= 0.6 is 11.3 Å². The topological polar surface area (TPSA) is 55.1 Å². The molecule has 0 radical (unpaired) electrons. The molecular formula is C12H20N2OS. The maximum absolute atomic E-state index is 11.6. The highest BCUT2D eigenvalue weighted by atomic mass is 32.1. The van der Waals surface area contributed by atoms with Crippen molar-refractivity contribution in [3.63, 3.8) is 0 Å². The molecular weight excluding hydrogens is 220 g/mol. The molecule has 1 aromatic rings. The van der Waals surface area contributed by atoms with Crippen molar-refractivity contribution in [3.05, 3.63) is 22.4 Å². The molecule has 0 saturated heterocycles. The van der Waals surface area contributed by atoms with E-state index in [0.717, 1.165) is 12.8 Å². The minimum Gasteiger partial charge on any atom is -0.354 e. The highest BCUT2D eigenvalue weighted by Crippen LogP contribution is 2.07. The van der Waals surface area contributed by atoms with Gasteiger partial charge < -0.3 is 11.1 Å². The molecule has 3 nitrogen and oxygen atoms in total. The van der Waals surface area contributed by atoms with Gasteiger partial charge in [0.25, 0.3) is 0 Å². The maximum atomic E-state index is 11.6. The molecule has 0 spiro atoms. The van der Waals surface area contributed by atoms with Crippen LogP contribution in [-0.4, -0.2) is 18.5 Å². The van der Waals surface area contributed by atoms with Gasteiger partial charge in [-0.1, -0.05) is 20.3 Å². The Hall–Kier alpha value is -0.870. The lowest BCUT2D eigenvalue weighted by atomic mass is 9.99. The molecule has 16 heavy (non-hydrogen) atoms. The van der Waals surface area contributed by atoms with Crippen LogP contribution < -0.4 is 11.1 Å². The highest BCUT2D eigenvalue weighted by molar-refractivity contribution is 7.07. The Morgan fingerprint density at radius 2 is 2.38 bits per heavy atom. The number of hydrogen-bond acceptors (Lipinski definition) is 3. The smallest absolute Gasteiger partial charge is 0.237 e. The normalized spacial score (nSPS) is 14.4. The lowest BCUT2D eigenvalue weighted by Crippen LogP contribution is -2.45. The average Bonchev–Trinajstić information content (AvgIpc) is 2.79. The number of thiophene rings is 1. The van der Waals surface area contributed by atoms with E-state index in [4.69, 9.17) is 5.73 Å². The van der Waals surface area contributed by atoms with Gasteiger partial charge >= 0.3 is 0 Å². The van der Waals surface area contributed by atoms with Crippen molar-refractivity contribution in [1.29, 1.82) is 0 Å². The van der Waals surface area contributed by atoms with Crippen molar-refractivity contribution < 1.29 is 4.79 Å². The first-order valence-electron chi connectivity index (χ1n) is 5.69. The van der Waals surface area contributed by atoms with Crippen molar-refractivity contribution in [3.8, 4) is 0 Å². The van der Waals surface area contributed by atoms with Crippen molar-refractivity contribution in [1.82, 2.24) is 5.32 Å². The summed E-state index contributed by atoms with van der Waals surface area (Å²) in [5, 5.41) is 7.02. The summed E-state index contributed by atoms with van der Waals surface area (Å²) >= 11 is 1.68. The van der Waals surface area contributed by atoms with Crippen LogP contribution in [0.4, 0.5) is 0 Å². The Kier molecular flexibility index (Phi) is 5.49. The number of rotatable bonds is 6. The van der Waals surface area contributed by atoms with Gasteiger partial charge in [-0.05, 0) is 34.7 Å². The monoisotopic (exact) mass is 240 g/mol. The first-order valence-corrected chi connectivity index (χ1v) is 6.63. The molecule has 90 valence electrons. The molecule has 3 N–H and O–H groups in total. The van der Waals surface area contributed by atoms with E-state index in [1.54, 1.807) is 11.3 Å². The molecule has 1 aromatic heterocycles. The Balaban J connectivity index is 2.24. The van der Waals surface area contributed by atoms with Crippen molar-refractivity contribution in [2.45, 2.75) is 32.7 Å². The van der Waals surface area contributed by atoms with E-state index in [1.807, 2.05) is 19.2 Å². The summed E-state index contributed by atoms with van der Waals surface area (Å²) in [5.74, 6) is 0.200. The van der Waals surface area contributed by atoms with Crippen LogP contribution in [0.25, 0.3) is 0 Å². The van der Waals surface area contributed by atoms with Crippen LogP contribution in [0, 0.1) is 5.92 Å². The lowest BCUT2D eigenvalue weighted by molar-refractivity contribution is -0.123. The summed E-state index contributed by atoms with van der Waals surface area (Å²) in [6.07, 6.45) is 1.81. The fourth-order valence-corrected chi connectivity index (χ4v) is 2.10. The second-order valence-corrected chi connectivity index (χ2v) is 4.86. The molecule has 1 rings (SSSR count). The van der Waals surface area contributed by atoms with E-state index in [1.165, 1.54) is 5.56 Å². The number of carbonyl (C=O) groups excluding carboxylic acids is 1. The first kappa shape index (κ1) is 13.2. The number of hydrogen-bond donors (Lipinski definition) is 2. The molecule has 0 aliphatic rings. The minimum atomic E-state index is -0.382. The summed E-state index contributed by atoms with van der Waals surface area (Å²) < 4.78 is 0. The summed E-state index contributed by atoms with van der Waals surface area (Å²) in [7, 11) is 0. The van der Waals surface area contributed by atoms with Gasteiger partial charge in [-0.3, -0.25) is 4.79 Å². The maximum Gasteiger partial charge on any atom is 0.237 e. The van der Waals surface area contributed by atoms with Crippen LogP contribution in [0.2, 0.25) is 0 Å². The summed E-state index contributed by atoms with van der Waals surface area (Å²) in [6.45, 7) is 4.71. The zero-order chi connectivity index (χ0) is 12.0. The SMILES string of the molecule is CCC(C)C(N)C(=O)NCCc1ccsc1. The predicted octanol–water partition coefficient (Wildman–Crippen LogP) is 1.78. The van der Waals surface area contributed by atoms with E-state index in [9.17, 15) is 4.79 Å². The third kappa shape index (κ3) is 3.94. The number of carbonyl (C=O) groups is 1. The summed E-state index contributed by atoms with van der Waals surface area (Å²) in [4.78, 5) is 11.6. The number of nitrogens with two attached hydrogens (primary N) is 1. The third-order valence-corrected chi connectivity index (χ3v) is 3.58. The van der Waals surface area contributed by atoms with Crippen LogP contribution in [0.1, 0.15) is 25.8 Å². The molecule has 2 unspecified atom stereocenters. The second kappa shape index (κ2) is 6.66. The van der Waals surface area contributed by atoms with Crippen LogP contribution in [-0.2, 0) is 11.2 Å². The Bertz CT molecular complexity index is 311. The van der Waals surface area contributed by atoms with Gasteiger partial charge in [-0.15, -0.1) is 0 Å². The van der Waals surface area contributed by atoms with Crippen molar-refractivity contribution >= 4 is 17.2 Å². The minimum absolute atomic E-state index is 0.0374. The summed E-state index contributed by atoms with van der Waals surface area (Å²) in [6, 6.07) is 1.69. The molecule has 0 aromatic carbocycles. The van der Waals surface area contributed by atoms with Crippen molar-refractivity contribution in [2.24, 2.45) is 11.7 Å². The van der Waals surface area contributed by atoms with E-state index in [-0.39, 0.29) is 17.9 Å². The standard InChI is InChI=1S/C12H20N2OS/c1-3-9(2)11(13)12(15)14-6-4-10-5-7-16-8-10/h5,7-9,11H,3-4,6,13H2,1-2H3,(H,14,15). The van der Waals surface area contributed by atoms with Gasteiger partial charge in [0.1, 0.15) is 0 Å². The summed E-state index contributed by atoms with van der Waals surface area (Å²) in [5.41, 5.74) is 7.09. The van der Waals surface area contributed by atoms with Crippen LogP contribution in [0.15, 0.2) is 16.8 Å². The zero-order valence-electron chi connectivity index (χ0n) is 9.90. The van der Waals surface area contributed by atoms with Gasteiger partial charge in [0.05, 0.1) is 6.04 Å². The lowest BCUT2D eigenvalue weighted by Gasteiger charge is -2.17. The Morgan fingerprint density at radius 1 is 1.62 bits per heavy atom. The Morgan fingerprint density at radius 3 is 2.94 bits per heavy atom. The van der Waals surface area contributed by atoms with Gasteiger partial charge in [0, 0.05) is 6.54 Å². The van der Waals surface area contributed by atoms with E-state index < -0.39 is 0 Å². The average molecular weight is 240 g/mol. The van der Waals surface area contributed by atoms with Gasteiger partial charge in [0.2, 0.25) is 5.91 Å². The first-order chi connectivity index (χ1) is 7.65. The molecule has 0 aliphatic carbocycles. The molecule has 4 heteroatoms. The second-order valence-electron chi connectivity index (χ2n) is 4.08. The van der Waals surface area contributed by atoms with E-state index in [2.05, 4.69) is 16.8 Å². The van der Waals surface area contributed by atoms with Crippen molar-refractivity contribution in [2.75, 3.05) is 6.54 Å². The Labute approximate surface area is 101 Å². The number of nitrogens with one attached hydrogen (secondary N) is 1. The van der Waals surface area contributed by atoms with Crippen LogP contribution in [0.3, 0.4) is 0 Å². The molecule has 1 amide bonds. The molecule has 0 bridgehead atoms. The van der Waals surface area contributed by atoms with E-state index >= 15 is 0 Å². The molecule has 0 fully saturated rings. The molecule has 2 atom stereocenters. The molecule has 1 heterocycles. The number of amides is 1.